The van der Waals surface area contributed by atoms with Crippen LogP contribution in [0.5, 0.6) is 0 Å². The highest BCUT2D eigenvalue weighted by Crippen LogP contribution is 2.49. The Balaban J connectivity index is 1.71. The Hall–Kier alpha value is -1.84. The quantitative estimate of drug-likeness (QED) is 0.616. The van der Waals surface area contributed by atoms with E-state index in [1.165, 1.54) is 0 Å². The van der Waals surface area contributed by atoms with Crippen molar-refractivity contribution in [1.82, 2.24) is 0 Å². The standard InChI is InChI=1S/C15H16O4/c16-13(18-9-11-5-2-1-3-6-11)15-8-4-7-12(15)10-19-14(15)17/h1-3,5-6,12H,4,7-10H2/t12-,15-/m0/s1. The zero-order chi connectivity index (χ0) is 13.3. The minimum absolute atomic E-state index is 0.00303. The summed E-state index contributed by atoms with van der Waals surface area (Å²) in [5.74, 6) is -0.808. The van der Waals surface area contributed by atoms with Gasteiger partial charge in [-0.05, 0) is 18.4 Å². The summed E-state index contributed by atoms with van der Waals surface area (Å²) in [7, 11) is 0. The number of carbonyl (C=O) groups is 2. The summed E-state index contributed by atoms with van der Waals surface area (Å²) in [6, 6.07) is 9.48. The number of hydrogen-bond donors (Lipinski definition) is 0. The summed E-state index contributed by atoms with van der Waals surface area (Å²) >= 11 is 0. The van der Waals surface area contributed by atoms with Crippen molar-refractivity contribution in [2.75, 3.05) is 6.61 Å². The smallest absolute Gasteiger partial charge is 0.324 e. The lowest BCUT2D eigenvalue weighted by atomic mass is 9.80. The average molecular weight is 260 g/mol. The highest BCUT2D eigenvalue weighted by molar-refractivity contribution is 6.02. The first kappa shape index (κ1) is 12.2. The van der Waals surface area contributed by atoms with Crippen molar-refractivity contribution < 1.29 is 19.1 Å². The summed E-state index contributed by atoms with van der Waals surface area (Å²) in [6.45, 7) is 0.570. The van der Waals surface area contributed by atoms with Gasteiger partial charge in [0.15, 0.2) is 5.41 Å². The van der Waals surface area contributed by atoms with Gasteiger partial charge >= 0.3 is 11.9 Å². The van der Waals surface area contributed by atoms with Crippen LogP contribution in [0.15, 0.2) is 30.3 Å². The Bertz CT molecular complexity index is 496. The van der Waals surface area contributed by atoms with Crippen molar-refractivity contribution in [2.45, 2.75) is 25.9 Å². The molecular formula is C15H16O4. The Morgan fingerprint density at radius 1 is 1.37 bits per heavy atom. The molecule has 4 heteroatoms. The first-order valence-electron chi connectivity index (χ1n) is 6.62. The molecular weight excluding hydrogens is 244 g/mol. The monoisotopic (exact) mass is 260 g/mol. The van der Waals surface area contributed by atoms with Crippen molar-refractivity contribution in [2.24, 2.45) is 11.3 Å². The van der Waals surface area contributed by atoms with E-state index in [9.17, 15) is 9.59 Å². The zero-order valence-electron chi connectivity index (χ0n) is 10.6. The van der Waals surface area contributed by atoms with Crippen LogP contribution in [0.25, 0.3) is 0 Å². The van der Waals surface area contributed by atoms with Crippen LogP contribution in [0.4, 0.5) is 0 Å². The fraction of sp³-hybridized carbons (Fsp3) is 0.467. The Morgan fingerprint density at radius 2 is 2.16 bits per heavy atom. The summed E-state index contributed by atoms with van der Waals surface area (Å²) < 4.78 is 10.4. The lowest BCUT2D eigenvalue weighted by Gasteiger charge is -2.21. The van der Waals surface area contributed by atoms with Gasteiger partial charge in [-0.25, -0.2) is 0 Å². The van der Waals surface area contributed by atoms with E-state index in [1.54, 1.807) is 0 Å². The second kappa shape index (κ2) is 4.68. The molecule has 1 saturated carbocycles. The number of esters is 2. The molecule has 1 aromatic rings. The van der Waals surface area contributed by atoms with Gasteiger partial charge in [-0.3, -0.25) is 9.59 Å². The summed E-state index contributed by atoms with van der Waals surface area (Å²) in [5.41, 5.74) is -0.0948. The minimum Gasteiger partial charge on any atom is -0.464 e. The van der Waals surface area contributed by atoms with Gasteiger partial charge in [0.1, 0.15) is 6.61 Å². The van der Waals surface area contributed by atoms with Crippen LogP contribution in [-0.2, 0) is 25.7 Å². The molecule has 1 aliphatic carbocycles. The number of carbonyl (C=O) groups excluding carboxylic acids is 2. The molecule has 4 nitrogen and oxygen atoms in total. The van der Waals surface area contributed by atoms with Gasteiger partial charge in [0.05, 0.1) is 6.61 Å². The van der Waals surface area contributed by atoms with Gasteiger partial charge in [0.2, 0.25) is 0 Å². The lowest BCUT2D eigenvalue weighted by molar-refractivity contribution is -0.166. The SMILES string of the molecule is O=C(OCc1ccccc1)[C@]12CCC[C@H]1COC2=O. The van der Waals surface area contributed by atoms with Gasteiger partial charge in [-0.2, -0.15) is 0 Å². The van der Waals surface area contributed by atoms with Crippen LogP contribution in [0.1, 0.15) is 24.8 Å². The second-order valence-corrected chi connectivity index (χ2v) is 5.22. The molecule has 2 fully saturated rings. The maximum absolute atomic E-state index is 12.3. The van der Waals surface area contributed by atoms with Crippen molar-refractivity contribution in [1.29, 1.82) is 0 Å². The van der Waals surface area contributed by atoms with Crippen LogP contribution in [0.3, 0.4) is 0 Å². The molecule has 0 radical (unpaired) electrons. The van der Waals surface area contributed by atoms with E-state index in [0.717, 1.165) is 18.4 Å². The van der Waals surface area contributed by atoms with Crippen molar-refractivity contribution in [3.63, 3.8) is 0 Å². The first-order chi connectivity index (χ1) is 9.23. The van der Waals surface area contributed by atoms with E-state index < -0.39 is 17.4 Å². The van der Waals surface area contributed by atoms with E-state index in [0.29, 0.717) is 13.0 Å². The number of fused-ring (bicyclic) bond motifs is 1. The van der Waals surface area contributed by atoms with Crippen LogP contribution < -0.4 is 0 Å². The minimum atomic E-state index is -1.02. The van der Waals surface area contributed by atoms with Crippen molar-refractivity contribution in [3.05, 3.63) is 35.9 Å². The average Bonchev–Trinajstić information content (AvgIpc) is 2.99. The fourth-order valence-corrected chi connectivity index (χ4v) is 3.08. The third-order valence-electron chi connectivity index (χ3n) is 4.18. The van der Waals surface area contributed by atoms with Gasteiger partial charge in [0, 0.05) is 5.92 Å². The predicted octanol–water partition coefficient (Wildman–Crippen LogP) is 2.07. The van der Waals surface area contributed by atoms with Gasteiger partial charge < -0.3 is 9.47 Å². The number of cyclic esters (lactones) is 1. The molecule has 2 aliphatic rings. The molecule has 0 unspecified atom stereocenters. The number of ether oxygens (including phenoxy) is 2. The topological polar surface area (TPSA) is 52.6 Å². The third kappa shape index (κ3) is 1.91. The lowest BCUT2D eigenvalue weighted by Crippen LogP contribution is -2.39. The van der Waals surface area contributed by atoms with Crippen LogP contribution >= 0.6 is 0 Å². The second-order valence-electron chi connectivity index (χ2n) is 5.22. The third-order valence-corrected chi connectivity index (χ3v) is 4.18. The highest BCUT2D eigenvalue weighted by Gasteiger charge is 2.61. The van der Waals surface area contributed by atoms with Crippen molar-refractivity contribution in [3.8, 4) is 0 Å². The molecule has 0 spiro atoms. The summed E-state index contributed by atoms with van der Waals surface area (Å²) in [5, 5.41) is 0. The molecule has 3 rings (SSSR count). The van der Waals surface area contributed by atoms with Gasteiger partial charge in [-0.15, -0.1) is 0 Å². The largest absolute Gasteiger partial charge is 0.464 e. The molecule has 0 aromatic heterocycles. The Labute approximate surface area is 111 Å². The van der Waals surface area contributed by atoms with E-state index in [1.807, 2.05) is 30.3 Å². The highest BCUT2D eigenvalue weighted by atomic mass is 16.6. The first-order valence-corrected chi connectivity index (χ1v) is 6.62. The summed E-state index contributed by atoms with van der Waals surface area (Å²) in [4.78, 5) is 24.2. The molecule has 0 amide bonds. The van der Waals surface area contributed by atoms with E-state index in [-0.39, 0.29) is 12.5 Å². The molecule has 2 atom stereocenters. The van der Waals surface area contributed by atoms with Gasteiger partial charge in [0.25, 0.3) is 0 Å². The van der Waals surface area contributed by atoms with Crippen LogP contribution in [-0.4, -0.2) is 18.5 Å². The molecule has 100 valence electrons. The molecule has 1 heterocycles. The maximum Gasteiger partial charge on any atom is 0.324 e. The number of rotatable bonds is 3. The fourth-order valence-electron chi connectivity index (χ4n) is 3.08. The Kier molecular flexibility index (Phi) is 3.01. The predicted molar refractivity (Wildman–Crippen MR) is 67.0 cm³/mol. The Morgan fingerprint density at radius 3 is 2.95 bits per heavy atom. The van der Waals surface area contributed by atoms with E-state index in [4.69, 9.17) is 9.47 Å². The van der Waals surface area contributed by atoms with E-state index >= 15 is 0 Å². The molecule has 1 saturated heterocycles. The molecule has 0 N–H and O–H groups in total. The van der Waals surface area contributed by atoms with Crippen LogP contribution in [0.2, 0.25) is 0 Å². The van der Waals surface area contributed by atoms with Gasteiger partial charge in [-0.1, -0.05) is 36.8 Å². The van der Waals surface area contributed by atoms with Crippen LogP contribution in [0, 0.1) is 11.3 Å². The summed E-state index contributed by atoms with van der Waals surface area (Å²) in [6.07, 6.45) is 2.32. The van der Waals surface area contributed by atoms with E-state index in [2.05, 4.69) is 0 Å². The zero-order valence-corrected chi connectivity index (χ0v) is 10.6. The maximum atomic E-state index is 12.3. The molecule has 0 bridgehead atoms. The van der Waals surface area contributed by atoms with Crippen molar-refractivity contribution >= 4 is 11.9 Å². The normalized spacial score (nSPS) is 28.8. The molecule has 1 aromatic carbocycles. The molecule has 19 heavy (non-hydrogen) atoms. The number of benzene rings is 1. The number of hydrogen-bond acceptors (Lipinski definition) is 4. The molecule has 1 aliphatic heterocycles.